The van der Waals surface area contributed by atoms with Gasteiger partial charge in [-0.05, 0) is 18.0 Å². The fourth-order valence-corrected chi connectivity index (χ4v) is 2.34. The summed E-state index contributed by atoms with van der Waals surface area (Å²) in [5.41, 5.74) is -1.35. The maximum absolute atomic E-state index is 12.7. The second kappa shape index (κ2) is 7.34. The second-order valence-electron chi connectivity index (χ2n) is 6.44. The average molecular weight is 374 g/mol. The molecule has 144 valence electrons. The van der Waals surface area contributed by atoms with Crippen LogP contribution in [-0.4, -0.2) is 39.4 Å². The number of aromatic nitrogens is 4. The van der Waals surface area contributed by atoms with E-state index in [2.05, 4.69) is 20.6 Å². The lowest BCUT2D eigenvalue weighted by Gasteiger charge is -2.16. The maximum Gasteiger partial charge on any atom is 0.435 e. The number of rotatable bonds is 6. The summed E-state index contributed by atoms with van der Waals surface area (Å²) in [6.45, 7) is 6.40. The van der Waals surface area contributed by atoms with Gasteiger partial charge in [0.15, 0.2) is 5.69 Å². The maximum atomic E-state index is 12.7. The van der Waals surface area contributed by atoms with Crippen LogP contribution in [0.3, 0.4) is 0 Å². The van der Waals surface area contributed by atoms with Crippen molar-refractivity contribution in [2.75, 3.05) is 18.5 Å². The Balaban J connectivity index is 2.08. The zero-order valence-corrected chi connectivity index (χ0v) is 15.1. The molecule has 1 atom stereocenters. The number of nitrogens with zero attached hydrogens (tertiary/aromatic N) is 5. The summed E-state index contributed by atoms with van der Waals surface area (Å²) in [4.78, 5) is 18.3. The van der Waals surface area contributed by atoms with Crippen molar-refractivity contribution in [2.24, 2.45) is 13.0 Å². The van der Waals surface area contributed by atoms with Crippen molar-refractivity contribution in [3.05, 3.63) is 23.3 Å². The highest BCUT2D eigenvalue weighted by atomic mass is 19.4. The Bertz CT molecular complexity index is 768. The standard InChI is InChI=1S/C15H21F3N6O2/c1-8(2)7-23(4)14-20-13(26-22-14)9(3)19-12(25)10-6-11(15(16,17)18)21-24(10)5/h6,8-9H,7H2,1-5H3,(H,19,25)/t9-/m0/s1. The van der Waals surface area contributed by atoms with Crippen molar-refractivity contribution in [3.8, 4) is 0 Å². The van der Waals surface area contributed by atoms with Gasteiger partial charge in [0.05, 0.1) is 0 Å². The molecule has 0 fully saturated rings. The molecule has 0 bridgehead atoms. The number of hydrogen-bond acceptors (Lipinski definition) is 6. The fraction of sp³-hybridized carbons (Fsp3) is 0.600. The van der Waals surface area contributed by atoms with E-state index in [0.717, 1.165) is 11.2 Å². The van der Waals surface area contributed by atoms with Gasteiger partial charge in [0.1, 0.15) is 11.7 Å². The van der Waals surface area contributed by atoms with Crippen LogP contribution in [0.25, 0.3) is 0 Å². The van der Waals surface area contributed by atoms with Crippen molar-refractivity contribution in [1.29, 1.82) is 0 Å². The van der Waals surface area contributed by atoms with E-state index in [1.54, 1.807) is 6.92 Å². The third-order valence-corrected chi connectivity index (χ3v) is 3.53. The molecule has 0 aliphatic heterocycles. The van der Waals surface area contributed by atoms with E-state index in [1.165, 1.54) is 7.05 Å². The quantitative estimate of drug-likeness (QED) is 0.835. The molecule has 8 nitrogen and oxygen atoms in total. The number of carbonyl (C=O) groups excluding carboxylic acids is 1. The fourth-order valence-electron chi connectivity index (χ4n) is 2.34. The van der Waals surface area contributed by atoms with E-state index in [4.69, 9.17) is 4.52 Å². The largest absolute Gasteiger partial charge is 0.435 e. The van der Waals surface area contributed by atoms with Gasteiger partial charge in [-0.1, -0.05) is 13.8 Å². The topological polar surface area (TPSA) is 89.1 Å². The lowest BCUT2D eigenvalue weighted by Crippen LogP contribution is -2.28. The predicted molar refractivity (Wildman–Crippen MR) is 86.5 cm³/mol. The highest BCUT2D eigenvalue weighted by Gasteiger charge is 2.35. The van der Waals surface area contributed by atoms with Crippen LogP contribution in [0, 0.1) is 5.92 Å². The first-order chi connectivity index (χ1) is 12.0. The van der Waals surface area contributed by atoms with Gasteiger partial charge >= 0.3 is 6.18 Å². The molecule has 2 rings (SSSR count). The molecule has 2 aromatic rings. The number of carbonyl (C=O) groups is 1. The molecule has 0 aliphatic rings. The van der Waals surface area contributed by atoms with Crippen molar-refractivity contribution in [2.45, 2.75) is 33.0 Å². The Labute approximate surface area is 148 Å². The summed E-state index contributed by atoms with van der Waals surface area (Å²) in [5, 5.41) is 9.69. The van der Waals surface area contributed by atoms with Crippen LogP contribution in [0.2, 0.25) is 0 Å². The van der Waals surface area contributed by atoms with Gasteiger partial charge in [0, 0.05) is 26.7 Å². The van der Waals surface area contributed by atoms with Crippen LogP contribution in [0.1, 0.15) is 48.9 Å². The smallest absolute Gasteiger partial charge is 0.341 e. The lowest BCUT2D eigenvalue weighted by molar-refractivity contribution is -0.141. The van der Waals surface area contributed by atoms with Crippen molar-refractivity contribution in [3.63, 3.8) is 0 Å². The highest BCUT2D eigenvalue weighted by molar-refractivity contribution is 5.92. The first-order valence-electron chi connectivity index (χ1n) is 7.96. The van der Waals surface area contributed by atoms with Crippen LogP contribution in [-0.2, 0) is 13.2 Å². The number of halogens is 3. The first-order valence-corrected chi connectivity index (χ1v) is 7.96. The van der Waals surface area contributed by atoms with Crippen molar-refractivity contribution < 1.29 is 22.5 Å². The molecule has 0 aliphatic carbocycles. The Morgan fingerprint density at radius 3 is 2.58 bits per heavy atom. The van der Waals surface area contributed by atoms with Crippen LogP contribution < -0.4 is 10.2 Å². The molecule has 2 aromatic heterocycles. The van der Waals surface area contributed by atoms with Crippen molar-refractivity contribution >= 4 is 11.9 Å². The molecule has 0 saturated heterocycles. The van der Waals surface area contributed by atoms with Gasteiger partial charge in [-0.15, -0.1) is 0 Å². The number of amides is 1. The minimum atomic E-state index is -4.62. The van der Waals surface area contributed by atoms with E-state index in [1.807, 2.05) is 25.8 Å². The second-order valence-corrected chi connectivity index (χ2v) is 6.44. The summed E-state index contributed by atoms with van der Waals surface area (Å²) >= 11 is 0. The van der Waals surface area contributed by atoms with E-state index < -0.39 is 23.8 Å². The molecule has 0 saturated carbocycles. The Kier molecular flexibility index (Phi) is 5.57. The summed E-state index contributed by atoms with van der Waals surface area (Å²) in [6, 6.07) is 0.0120. The minimum Gasteiger partial charge on any atom is -0.341 e. The third kappa shape index (κ3) is 4.52. The molecule has 11 heteroatoms. The number of anilines is 1. The molecule has 26 heavy (non-hydrogen) atoms. The van der Waals surface area contributed by atoms with Crippen LogP contribution in [0.15, 0.2) is 10.6 Å². The zero-order chi connectivity index (χ0) is 19.6. The van der Waals surface area contributed by atoms with Crippen LogP contribution in [0.4, 0.5) is 19.1 Å². The molecule has 0 spiro atoms. The SMILES string of the molecule is CC(C)CN(C)c1noc([C@H](C)NC(=O)c2cc(C(F)(F)F)nn2C)n1. The Morgan fingerprint density at radius 1 is 1.38 bits per heavy atom. The first kappa shape index (κ1) is 19.7. The van der Waals surface area contributed by atoms with E-state index in [-0.39, 0.29) is 11.6 Å². The normalized spacial score (nSPS) is 13.1. The number of hydrogen-bond donors (Lipinski definition) is 1. The van der Waals surface area contributed by atoms with Gasteiger partial charge in [0.2, 0.25) is 0 Å². The predicted octanol–water partition coefficient (Wildman–Crippen LogP) is 2.41. The highest BCUT2D eigenvalue weighted by Crippen LogP contribution is 2.28. The van der Waals surface area contributed by atoms with Crippen molar-refractivity contribution in [1.82, 2.24) is 25.2 Å². The summed E-state index contributed by atoms with van der Waals surface area (Å²) in [5.74, 6) is 0.196. The molecule has 1 amide bonds. The van der Waals surface area contributed by atoms with E-state index in [0.29, 0.717) is 17.9 Å². The lowest BCUT2D eigenvalue weighted by atomic mass is 10.2. The summed E-state index contributed by atoms with van der Waals surface area (Å²) < 4.78 is 44.1. The Morgan fingerprint density at radius 2 is 2.04 bits per heavy atom. The number of alkyl halides is 3. The molecule has 2 heterocycles. The zero-order valence-electron chi connectivity index (χ0n) is 15.1. The van der Waals surface area contributed by atoms with Gasteiger partial charge < -0.3 is 14.7 Å². The van der Waals surface area contributed by atoms with Crippen LogP contribution >= 0.6 is 0 Å². The Hall–Kier alpha value is -2.59. The van der Waals surface area contributed by atoms with Gasteiger partial charge in [0.25, 0.3) is 17.7 Å². The van der Waals surface area contributed by atoms with E-state index >= 15 is 0 Å². The molecular weight excluding hydrogens is 353 g/mol. The van der Waals surface area contributed by atoms with Gasteiger partial charge in [-0.2, -0.15) is 23.3 Å². The number of nitrogens with one attached hydrogen (secondary N) is 1. The number of aryl methyl sites for hydroxylation is 1. The minimum absolute atomic E-state index is 0.155. The molecule has 0 unspecified atom stereocenters. The molecule has 0 aromatic carbocycles. The summed E-state index contributed by atoms with van der Waals surface area (Å²) in [6.07, 6.45) is -4.62. The average Bonchev–Trinajstić information content (AvgIpc) is 3.12. The monoisotopic (exact) mass is 374 g/mol. The molecule has 1 N–H and O–H groups in total. The van der Waals surface area contributed by atoms with Gasteiger partial charge in [-0.3, -0.25) is 9.48 Å². The van der Waals surface area contributed by atoms with Crippen LogP contribution in [0.5, 0.6) is 0 Å². The van der Waals surface area contributed by atoms with E-state index in [9.17, 15) is 18.0 Å². The van der Waals surface area contributed by atoms with Gasteiger partial charge in [-0.25, -0.2) is 0 Å². The molecular formula is C15H21F3N6O2. The molecule has 0 radical (unpaired) electrons. The summed E-state index contributed by atoms with van der Waals surface area (Å²) in [7, 11) is 3.08. The third-order valence-electron chi connectivity index (χ3n) is 3.53.